The monoisotopic (exact) mass is 430 g/mol. The zero-order valence-electron chi connectivity index (χ0n) is 10.4. The lowest BCUT2D eigenvalue weighted by atomic mass is 10.2. The molecule has 2 aromatic carbocycles. The van der Waals surface area contributed by atoms with Crippen LogP contribution in [0.15, 0.2) is 39.3 Å². The minimum absolute atomic E-state index is 0.732. The molecule has 0 spiro atoms. The van der Waals surface area contributed by atoms with Crippen LogP contribution in [-0.4, -0.2) is 4.98 Å². The van der Waals surface area contributed by atoms with E-state index in [1.807, 2.05) is 18.2 Å². The summed E-state index contributed by atoms with van der Waals surface area (Å²) in [6, 6.07) is 9.87. The standard InChI is InChI=1S/C14H9Br2ClN2S/c1-7-5-8(15)12(9(16)6-7)19-14-18-11-4-2-3-10(17)13(11)20-14/h2-6H,1H3,(H,18,19). The molecular weight excluding hydrogens is 423 g/mol. The molecule has 0 aliphatic heterocycles. The SMILES string of the molecule is Cc1cc(Br)c(Nc2nc3cccc(Cl)c3s2)c(Br)c1. The highest BCUT2D eigenvalue weighted by Gasteiger charge is 2.11. The van der Waals surface area contributed by atoms with E-state index >= 15 is 0 Å². The summed E-state index contributed by atoms with van der Waals surface area (Å²) in [6.45, 7) is 2.05. The van der Waals surface area contributed by atoms with Crippen molar-refractivity contribution in [1.29, 1.82) is 0 Å². The van der Waals surface area contributed by atoms with Gasteiger partial charge in [0.1, 0.15) is 0 Å². The first-order valence-corrected chi connectivity index (χ1v) is 8.60. The summed E-state index contributed by atoms with van der Waals surface area (Å²) in [7, 11) is 0. The van der Waals surface area contributed by atoms with E-state index in [1.165, 1.54) is 5.56 Å². The average Bonchev–Trinajstić information content (AvgIpc) is 2.78. The molecule has 1 N–H and O–H groups in total. The van der Waals surface area contributed by atoms with Crippen molar-refractivity contribution in [2.45, 2.75) is 6.92 Å². The van der Waals surface area contributed by atoms with Gasteiger partial charge in [-0.15, -0.1) is 0 Å². The van der Waals surface area contributed by atoms with Crippen molar-refractivity contribution in [3.63, 3.8) is 0 Å². The van der Waals surface area contributed by atoms with Gasteiger partial charge < -0.3 is 5.32 Å². The van der Waals surface area contributed by atoms with Gasteiger partial charge in [0.2, 0.25) is 0 Å². The van der Waals surface area contributed by atoms with E-state index < -0.39 is 0 Å². The van der Waals surface area contributed by atoms with E-state index in [1.54, 1.807) is 11.3 Å². The Bertz CT molecular complexity index is 778. The van der Waals surface area contributed by atoms with E-state index in [-0.39, 0.29) is 0 Å². The van der Waals surface area contributed by atoms with Gasteiger partial charge in [-0.25, -0.2) is 4.98 Å². The lowest BCUT2D eigenvalue weighted by Crippen LogP contribution is -1.92. The van der Waals surface area contributed by atoms with Crippen LogP contribution >= 0.6 is 54.8 Å². The highest BCUT2D eigenvalue weighted by Crippen LogP contribution is 2.38. The lowest BCUT2D eigenvalue weighted by molar-refractivity contribution is 1.39. The molecule has 0 bridgehead atoms. The van der Waals surface area contributed by atoms with Crippen LogP contribution in [0.4, 0.5) is 10.8 Å². The lowest BCUT2D eigenvalue weighted by Gasteiger charge is -2.09. The van der Waals surface area contributed by atoms with Crippen molar-refractivity contribution in [3.05, 3.63) is 49.9 Å². The number of fused-ring (bicyclic) bond motifs is 1. The molecule has 0 aliphatic rings. The van der Waals surface area contributed by atoms with Crippen molar-refractivity contribution in [3.8, 4) is 0 Å². The Kier molecular flexibility index (Phi) is 4.04. The van der Waals surface area contributed by atoms with Crippen LogP contribution in [0.5, 0.6) is 0 Å². The predicted molar refractivity (Wildman–Crippen MR) is 94.5 cm³/mol. The molecule has 3 rings (SSSR count). The molecule has 0 aliphatic carbocycles. The Morgan fingerprint density at radius 3 is 2.55 bits per heavy atom. The fourth-order valence-corrected chi connectivity index (χ4v) is 4.67. The van der Waals surface area contributed by atoms with Gasteiger partial charge in [-0.2, -0.15) is 0 Å². The highest BCUT2D eigenvalue weighted by molar-refractivity contribution is 9.11. The van der Waals surface area contributed by atoms with Gasteiger partial charge >= 0.3 is 0 Å². The third kappa shape index (κ3) is 2.72. The van der Waals surface area contributed by atoms with Crippen molar-refractivity contribution in [1.82, 2.24) is 4.98 Å². The summed E-state index contributed by atoms with van der Waals surface area (Å²) in [5.41, 5.74) is 3.05. The Morgan fingerprint density at radius 2 is 1.90 bits per heavy atom. The van der Waals surface area contributed by atoms with Crippen LogP contribution < -0.4 is 5.32 Å². The molecule has 102 valence electrons. The molecule has 0 radical (unpaired) electrons. The van der Waals surface area contributed by atoms with Gasteiger partial charge in [0, 0.05) is 8.95 Å². The van der Waals surface area contributed by atoms with Gasteiger partial charge in [-0.05, 0) is 68.6 Å². The topological polar surface area (TPSA) is 24.9 Å². The number of nitrogens with one attached hydrogen (secondary N) is 1. The Labute approximate surface area is 142 Å². The smallest absolute Gasteiger partial charge is 0.188 e. The highest BCUT2D eigenvalue weighted by atomic mass is 79.9. The first kappa shape index (κ1) is 14.3. The third-order valence-electron chi connectivity index (χ3n) is 2.79. The zero-order valence-corrected chi connectivity index (χ0v) is 15.1. The van der Waals surface area contributed by atoms with Gasteiger partial charge in [0.05, 0.1) is 20.9 Å². The number of benzene rings is 2. The molecule has 0 saturated carbocycles. The van der Waals surface area contributed by atoms with E-state index in [2.05, 4.69) is 61.2 Å². The molecule has 0 saturated heterocycles. The van der Waals surface area contributed by atoms with Crippen LogP contribution in [0.1, 0.15) is 5.56 Å². The second kappa shape index (κ2) is 5.64. The largest absolute Gasteiger partial charge is 0.330 e. The van der Waals surface area contributed by atoms with Crippen molar-refractivity contribution >= 4 is 75.8 Å². The van der Waals surface area contributed by atoms with Crippen LogP contribution in [0.25, 0.3) is 10.2 Å². The number of rotatable bonds is 2. The number of thiazole rings is 1. The van der Waals surface area contributed by atoms with Crippen molar-refractivity contribution < 1.29 is 0 Å². The summed E-state index contributed by atoms with van der Waals surface area (Å²) in [6.07, 6.45) is 0. The molecular formula is C14H9Br2ClN2S. The second-order valence-electron chi connectivity index (χ2n) is 4.34. The fraction of sp³-hybridized carbons (Fsp3) is 0.0714. The Hall–Kier alpha value is -0.620. The maximum absolute atomic E-state index is 6.18. The molecule has 0 atom stereocenters. The molecule has 0 unspecified atom stereocenters. The number of halogens is 3. The normalized spacial score (nSPS) is 11.0. The van der Waals surface area contributed by atoms with Crippen LogP contribution in [-0.2, 0) is 0 Å². The summed E-state index contributed by atoms with van der Waals surface area (Å²) in [5.74, 6) is 0. The Morgan fingerprint density at radius 1 is 1.20 bits per heavy atom. The van der Waals surface area contributed by atoms with Crippen molar-refractivity contribution in [2.75, 3.05) is 5.32 Å². The average molecular weight is 433 g/mol. The summed E-state index contributed by atoms with van der Waals surface area (Å²) in [5, 5.41) is 4.89. The minimum atomic E-state index is 0.732. The zero-order chi connectivity index (χ0) is 14.3. The van der Waals surface area contributed by atoms with Gasteiger partial charge in [0.25, 0.3) is 0 Å². The number of hydrogen-bond donors (Lipinski definition) is 1. The maximum Gasteiger partial charge on any atom is 0.188 e. The van der Waals surface area contributed by atoms with E-state index in [9.17, 15) is 0 Å². The predicted octanol–water partition coefficient (Wildman–Crippen LogP) is 6.53. The van der Waals surface area contributed by atoms with E-state index in [4.69, 9.17) is 11.6 Å². The minimum Gasteiger partial charge on any atom is -0.330 e. The molecule has 3 aromatic rings. The molecule has 20 heavy (non-hydrogen) atoms. The fourth-order valence-electron chi connectivity index (χ4n) is 1.90. The summed E-state index contributed by atoms with van der Waals surface area (Å²) in [4.78, 5) is 4.55. The van der Waals surface area contributed by atoms with Crippen LogP contribution in [0, 0.1) is 6.92 Å². The molecule has 1 heterocycles. The number of hydrogen-bond acceptors (Lipinski definition) is 3. The van der Waals surface area contributed by atoms with Gasteiger partial charge in [-0.1, -0.05) is 29.0 Å². The number of anilines is 2. The molecule has 1 aromatic heterocycles. The molecule has 6 heteroatoms. The number of aryl methyl sites for hydroxylation is 1. The van der Waals surface area contributed by atoms with Gasteiger partial charge in [0.15, 0.2) is 5.13 Å². The van der Waals surface area contributed by atoms with Crippen molar-refractivity contribution in [2.24, 2.45) is 0 Å². The first-order chi connectivity index (χ1) is 9.54. The number of aromatic nitrogens is 1. The first-order valence-electron chi connectivity index (χ1n) is 5.82. The third-order valence-corrected chi connectivity index (χ3v) is 5.48. The maximum atomic E-state index is 6.18. The Balaban J connectivity index is 2.04. The molecule has 2 nitrogen and oxygen atoms in total. The van der Waals surface area contributed by atoms with E-state index in [0.29, 0.717) is 0 Å². The molecule has 0 amide bonds. The second-order valence-corrected chi connectivity index (χ2v) is 7.45. The quantitative estimate of drug-likeness (QED) is 0.498. The van der Waals surface area contributed by atoms with E-state index in [0.717, 1.165) is 35.0 Å². The van der Waals surface area contributed by atoms with Crippen LogP contribution in [0.3, 0.4) is 0 Å². The summed E-state index contributed by atoms with van der Waals surface area (Å²) < 4.78 is 2.99. The number of nitrogens with zero attached hydrogens (tertiary/aromatic N) is 1. The summed E-state index contributed by atoms with van der Waals surface area (Å²) >= 11 is 14.9. The molecule has 0 fully saturated rings. The van der Waals surface area contributed by atoms with Crippen LogP contribution in [0.2, 0.25) is 5.02 Å². The van der Waals surface area contributed by atoms with Gasteiger partial charge in [-0.3, -0.25) is 0 Å².